The van der Waals surface area contributed by atoms with Crippen molar-refractivity contribution in [3.63, 3.8) is 0 Å². The molecule has 2 amide bonds. The summed E-state index contributed by atoms with van der Waals surface area (Å²) < 4.78 is 4.93. The number of rotatable bonds is 5. The molecule has 0 saturated carbocycles. The third-order valence-electron chi connectivity index (χ3n) is 6.04. The molecule has 2 heterocycles. The Labute approximate surface area is 182 Å². The lowest BCUT2D eigenvalue weighted by atomic mass is 9.73. The fourth-order valence-electron chi connectivity index (χ4n) is 4.54. The van der Waals surface area contributed by atoms with Gasteiger partial charge in [0.25, 0.3) is 0 Å². The van der Waals surface area contributed by atoms with Crippen LogP contribution in [0, 0.1) is 11.8 Å². The quantitative estimate of drug-likeness (QED) is 0.746. The van der Waals surface area contributed by atoms with Crippen LogP contribution in [0.15, 0.2) is 54.6 Å². The molecule has 31 heavy (non-hydrogen) atoms. The third kappa shape index (κ3) is 4.34. The predicted octanol–water partition coefficient (Wildman–Crippen LogP) is 1.42. The second kappa shape index (κ2) is 9.34. The number of ether oxygens (including phenoxy) is 1. The fraction of sp³-hybridized carbons (Fsp3) is 0.360. The van der Waals surface area contributed by atoms with E-state index >= 15 is 0 Å². The van der Waals surface area contributed by atoms with Gasteiger partial charge in [0.05, 0.1) is 25.2 Å². The molecule has 0 spiro atoms. The molecule has 2 fully saturated rings. The van der Waals surface area contributed by atoms with Crippen LogP contribution < -0.4 is 0 Å². The van der Waals surface area contributed by atoms with E-state index in [-0.39, 0.29) is 49.6 Å². The van der Waals surface area contributed by atoms with Crippen molar-refractivity contribution >= 4 is 11.8 Å². The largest absolute Gasteiger partial charge is 0.394 e. The van der Waals surface area contributed by atoms with Gasteiger partial charge in [-0.2, -0.15) is 0 Å². The zero-order chi connectivity index (χ0) is 21.8. The molecule has 0 aromatic heterocycles. The Morgan fingerprint density at radius 3 is 2.58 bits per heavy atom. The number of hydrogen-bond acceptors (Lipinski definition) is 4. The van der Waals surface area contributed by atoms with Crippen molar-refractivity contribution in [3.8, 4) is 11.8 Å². The van der Waals surface area contributed by atoms with Crippen LogP contribution in [0.3, 0.4) is 0 Å². The van der Waals surface area contributed by atoms with E-state index in [0.717, 1.165) is 11.1 Å². The summed E-state index contributed by atoms with van der Waals surface area (Å²) in [4.78, 5) is 28.1. The van der Waals surface area contributed by atoms with E-state index in [1.807, 2.05) is 42.5 Å². The summed E-state index contributed by atoms with van der Waals surface area (Å²) in [6.07, 6.45) is 0.697. The summed E-state index contributed by atoms with van der Waals surface area (Å²) in [6.45, 7) is 0.355. The molecule has 0 aliphatic carbocycles. The number of aliphatic hydroxyl groups excluding tert-OH is 1. The lowest BCUT2D eigenvalue weighted by Gasteiger charge is -2.58. The van der Waals surface area contributed by atoms with Gasteiger partial charge in [-0.25, -0.2) is 0 Å². The Morgan fingerprint density at radius 2 is 1.90 bits per heavy atom. The Kier molecular flexibility index (Phi) is 6.36. The molecule has 6 nitrogen and oxygen atoms in total. The van der Waals surface area contributed by atoms with Crippen LogP contribution in [0.2, 0.25) is 0 Å². The van der Waals surface area contributed by atoms with Crippen LogP contribution in [-0.2, 0) is 20.7 Å². The van der Waals surface area contributed by atoms with Crippen molar-refractivity contribution in [2.45, 2.75) is 24.4 Å². The first-order valence-electron chi connectivity index (χ1n) is 10.4. The summed E-state index contributed by atoms with van der Waals surface area (Å²) in [5, 5.41) is 9.90. The molecule has 3 atom stereocenters. The van der Waals surface area contributed by atoms with E-state index in [1.165, 1.54) is 12.7 Å². The van der Waals surface area contributed by atoms with Crippen molar-refractivity contribution in [3.05, 3.63) is 71.3 Å². The highest BCUT2D eigenvalue weighted by atomic mass is 16.5. The average molecular weight is 418 g/mol. The zero-order valence-electron chi connectivity index (χ0n) is 17.5. The van der Waals surface area contributed by atoms with Gasteiger partial charge in [-0.1, -0.05) is 54.3 Å². The van der Waals surface area contributed by atoms with Crippen LogP contribution >= 0.6 is 0 Å². The number of methoxy groups -OCH3 is 1. The molecule has 2 aromatic rings. The molecule has 160 valence electrons. The van der Waals surface area contributed by atoms with Crippen molar-refractivity contribution in [2.75, 3.05) is 33.4 Å². The number of aliphatic hydroxyl groups is 1. The van der Waals surface area contributed by atoms with Gasteiger partial charge in [0, 0.05) is 31.6 Å². The van der Waals surface area contributed by atoms with E-state index in [4.69, 9.17) is 4.74 Å². The summed E-state index contributed by atoms with van der Waals surface area (Å²) in [6, 6.07) is 17.7. The highest BCUT2D eigenvalue weighted by molar-refractivity contribution is 5.88. The Bertz CT molecular complexity index is 994. The van der Waals surface area contributed by atoms with E-state index in [0.29, 0.717) is 13.0 Å². The SMILES string of the molecule is COCC(=O)N1CC(=O)N2[C@H](C1)[C@@H](c1ccc(C#CCc3ccccc3)cc1)[C@@H]2CO. The van der Waals surface area contributed by atoms with Crippen LogP contribution in [0.25, 0.3) is 0 Å². The van der Waals surface area contributed by atoms with Crippen LogP contribution in [0.1, 0.15) is 22.6 Å². The molecule has 4 rings (SSSR count). The molecule has 0 bridgehead atoms. The molecule has 0 radical (unpaired) electrons. The lowest BCUT2D eigenvalue weighted by molar-refractivity contribution is -0.168. The van der Waals surface area contributed by atoms with Gasteiger partial charge >= 0.3 is 0 Å². The van der Waals surface area contributed by atoms with Gasteiger partial charge in [-0.05, 0) is 23.3 Å². The first-order chi connectivity index (χ1) is 15.1. The molecular weight excluding hydrogens is 392 g/mol. The van der Waals surface area contributed by atoms with Gasteiger partial charge < -0.3 is 19.6 Å². The highest BCUT2D eigenvalue weighted by Crippen LogP contribution is 2.42. The number of amides is 2. The molecule has 2 aromatic carbocycles. The summed E-state index contributed by atoms with van der Waals surface area (Å²) >= 11 is 0. The molecular formula is C25H26N2O4. The van der Waals surface area contributed by atoms with Crippen molar-refractivity contribution in [1.29, 1.82) is 0 Å². The van der Waals surface area contributed by atoms with Crippen molar-refractivity contribution < 1.29 is 19.4 Å². The number of carbonyl (C=O) groups excluding carboxylic acids is 2. The fourth-order valence-corrected chi connectivity index (χ4v) is 4.54. The van der Waals surface area contributed by atoms with Gasteiger partial charge in [0.2, 0.25) is 11.8 Å². The van der Waals surface area contributed by atoms with Crippen LogP contribution in [0.5, 0.6) is 0 Å². The molecule has 1 N–H and O–H groups in total. The Balaban J connectivity index is 1.46. The number of hydrogen-bond donors (Lipinski definition) is 1. The normalized spacial score (nSPS) is 22.3. The highest BCUT2D eigenvalue weighted by Gasteiger charge is 2.54. The smallest absolute Gasteiger partial charge is 0.249 e. The van der Waals surface area contributed by atoms with Gasteiger partial charge in [0.15, 0.2) is 0 Å². The minimum atomic E-state index is -0.257. The number of fused-ring (bicyclic) bond motifs is 1. The van der Waals surface area contributed by atoms with E-state index in [1.54, 1.807) is 9.80 Å². The van der Waals surface area contributed by atoms with Crippen molar-refractivity contribution in [2.24, 2.45) is 0 Å². The first kappa shape index (κ1) is 21.1. The molecule has 2 aliphatic rings. The van der Waals surface area contributed by atoms with Gasteiger partial charge in [-0.15, -0.1) is 0 Å². The lowest BCUT2D eigenvalue weighted by Crippen LogP contribution is -2.73. The molecule has 2 aliphatic heterocycles. The maximum absolute atomic E-state index is 12.6. The van der Waals surface area contributed by atoms with Gasteiger partial charge in [-0.3, -0.25) is 9.59 Å². The minimum absolute atomic E-state index is 0.0153. The summed E-state index contributed by atoms with van der Waals surface area (Å²) in [7, 11) is 1.47. The van der Waals surface area contributed by atoms with Gasteiger partial charge in [0.1, 0.15) is 6.61 Å². The van der Waals surface area contributed by atoms with Crippen LogP contribution in [0.4, 0.5) is 0 Å². The average Bonchev–Trinajstić information content (AvgIpc) is 2.77. The monoisotopic (exact) mass is 418 g/mol. The standard InChI is InChI=1S/C25H26N2O4/c1-31-17-24(30)26-14-21-25(22(16-28)27(21)23(29)15-26)20-12-10-19(11-13-20)9-5-8-18-6-3-2-4-7-18/h2-4,6-7,10-13,21-22,25,28H,8,14-17H2,1H3/t21-,22+,25-/m1/s1. The Morgan fingerprint density at radius 1 is 1.16 bits per heavy atom. The van der Waals surface area contributed by atoms with Crippen molar-refractivity contribution in [1.82, 2.24) is 9.80 Å². The van der Waals surface area contributed by atoms with E-state index in [2.05, 4.69) is 24.0 Å². The summed E-state index contributed by atoms with van der Waals surface area (Å²) in [5.74, 6) is 6.06. The molecule has 6 heteroatoms. The number of benzene rings is 2. The minimum Gasteiger partial charge on any atom is -0.394 e. The molecule has 0 unspecified atom stereocenters. The second-order valence-electron chi connectivity index (χ2n) is 7.94. The third-order valence-corrected chi connectivity index (χ3v) is 6.04. The Hall–Kier alpha value is -3.14. The number of nitrogens with zero attached hydrogens (tertiary/aromatic N) is 2. The second-order valence-corrected chi connectivity index (χ2v) is 7.94. The maximum Gasteiger partial charge on any atom is 0.249 e. The number of carbonyl (C=O) groups is 2. The first-order valence-corrected chi connectivity index (χ1v) is 10.4. The summed E-state index contributed by atoms with van der Waals surface area (Å²) in [5.41, 5.74) is 3.15. The number of piperazine rings is 1. The van der Waals surface area contributed by atoms with E-state index < -0.39 is 0 Å². The predicted molar refractivity (Wildman–Crippen MR) is 116 cm³/mol. The zero-order valence-corrected chi connectivity index (χ0v) is 17.5. The van der Waals surface area contributed by atoms with E-state index in [9.17, 15) is 14.7 Å². The molecule has 2 saturated heterocycles. The topological polar surface area (TPSA) is 70.1 Å². The van der Waals surface area contributed by atoms with Crippen LogP contribution in [-0.4, -0.2) is 72.2 Å². The maximum atomic E-state index is 12.6.